The maximum Gasteiger partial charge on any atom is 0.307 e. The van der Waals surface area contributed by atoms with E-state index in [-0.39, 0.29) is 5.92 Å². The second-order valence-electron chi connectivity index (χ2n) is 6.75. The van der Waals surface area contributed by atoms with Gasteiger partial charge in [0, 0.05) is 0 Å². The van der Waals surface area contributed by atoms with Crippen molar-refractivity contribution in [2.75, 3.05) is 0 Å². The number of carboxylic acid groups (broad SMARTS) is 1. The summed E-state index contributed by atoms with van der Waals surface area (Å²) in [6.45, 7) is 0. The first-order chi connectivity index (χ1) is 7.23. The molecular weight excluding hydrogens is 188 g/mol. The highest BCUT2D eigenvalue weighted by Crippen LogP contribution is 2.93. The van der Waals surface area contributed by atoms with E-state index < -0.39 is 5.97 Å². The molecular formula is C13H16O2. The van der Waals surface area contributed by atoms with Gasteiger partial charge in [0.25, 0.3) is 0 Å². The Labute approximate surface area is 89.0 Å². The van der Waals surface area contributed by atoms with E-state index in [4.69, 9.17) is 0 Å². The number of hydrogen-bond acceptors (Lipinski definition) is 1. The van der Waals surface area contributed by atoms with E-state index in [9.17, 15) is 9.90 Å². The molecule has 5 rings (SSSR count). The van der Waals surface area contributed by atoms with Crippen LogP contribution < -0.4 is 0 Å². The molecule has 4 atom stereocenters. The van der Waals surface area contributed by atoms with Crippen LogP contribution in [0.1, 0.15) is 32.1 Å². The number of fused-ring (bicyclic) bond motifs is 6. The molecule has 0 aliphatic heterocycles. The van der Waals surface area contributed by atoms with Gasteiger partial charge < -0.3 is 5.11 Å². The summed E-state index contributed by atoms with van der Waals surface area (Å²) >= 11 is 0. The van der Waals surface area contributed by atoms with E-state index in [1.54, 1.807) is 0 Å². The summed E-state index contributed by atoms with van der Waals surface area (Å²) in [5, 5.41) is 9.57. The van der Waals surface area contributed by atoms with Crippen LogP contribution >= 0.6 is 0 Å². The molecule has 0 bridgehead atoms. The molecule has 5 aliphatic rings. The zero-order chi connectivity index (χ0) is 10.00. The Bertz CT molecular complexity index is 353. The molecule has 5 saturated carbocycles. The number of rotatable bonds is 1. The van der Waals surface area contributed by atoms with E-state index >= 15 is 0 Å². The van der Waals surface area contributed by atoms with Gasteiger partial charge >= 0.3 is 5.97 Å². The highest BCUT2D eigenvalue weighted by molar-refractivity contribution is 5.76. The second-order valence-corrected chi connectivity index (χ2v) is 6.75. The predicted octanol–water partition coefficient (Wildman–Crippen LogP) is 2.14. The van der Waals surface area contributed by atoms with Crippen LogP contribution in [-0.4, -0.2) is 11.1 Å². The van der Waals surface area contributed by atoms with Crippen LogP contribution in [0.3, 0.4) is 0 Å². The van der Waals surface area contributed by atoms with Gasteiger partial charge in [-0.15, -0.1) is 0 Å². The number of carbonyl (C=O) groups is 1. The van der Waals surface area contributed by atoms with Gasteiger partial charge in [-0.25, -0.2) is 0 Å². The topological polar surface area (TPSA) is 37.3 Å². The molecule has 4 unspecified atom stereocenters. The minimum atomic E-state index is -0.450. The van der Waals surface area contributed by atoms with Crippen LogP contribution in [-0.2, 0) is 4.79 Å². The molecule has 0 aromatic rings. The quantitative estimate of drug-likeness (QED) is 0.710. The Morgan fingerprint density at radius 2 is 1.47 bits per heavy atom. The van der Waals surface area contributed by atoms with Crippen LogP contribution in [0.25, 0.3) is 0 Å². The maximum atomic E-state index is 11.6. The molecule has 15 heavy (non-hydrogen) atoms. The average Bonchev–Trinajstić information content (AvgIpc) is 3.06. The second kappa shape index (κ2) is 1.76. The molecule has 0 heterocycles. The zero-order valence-corrected chi connectivity index (χ0v) is 8.78. The summed E-state index contributed by atoms with van der Waals surface area (Å²) in [4.78, 5) is 11.6. The zero-order valence-electron chi connectivity index (χ0n) is 8.78. The van der Waals surface area contributed by atoms with E-state index in [1.807, 2.05) is 0 Å². The third kappa shape index (κ3) is 0.576. The number of hydrogen-bond donors (Lipinski definition) is 1. The predicted molar refractivity (Wildman–Crippen MR) is 53.0 cm³/mol. The van der Waals surface area contributed by atoms with Crippen LogP contribution in [0.2, 0.25) is 0 Å². The Hall–Kier alpha value is -0.530. The van der Waals surface area contributed by atoms with Crippen LogP contribution in [0.4, 0.5) is 0 Å². The van der Waals surface area contributed by atoms with Crippen LogP contribution in [0.5, 0.6) is 0 Å². The Morgan fingerprint density at radius 3 is 1.73 bits per heavy atom. The van der Waals surface area contributed by atoms with Crippen molar-refractivity contribution in [3.05, 3.63) is 0 Å². The molecule has 0 aromatic heterocycles. The van der Waals surface area contributed by atoms with Gasteiger partial charge in [-0.2, -0.15) is 0 Å². The minimum absolute atomic E-state index is 0.0752. The lowest BCUT2D eigenvalue weighted by Crippen LogP contribution is -2.44. The van der Waals surface area contributed by atoms with Crippen molar-refractivity contribution < 1.29 is 9.90 Å². The molecule has 2 heteroatoms. The molecule has 1 N–H and O–H groups in total. The van der Waals surface area contributed by atoms with Crippen molar-refractivity contribution in [2.45, 2.75) is 32.1 Å². The van der Waals surface area contributed by atoms with E-state index in [2.05, 4.69) is 0 Å². The SMILES string of the molecule is O=C(O)C1C2(CCCC13C1CC13)C1CC12. The monoisotopic (exact) mass is 204 g/mol. The number of aliphatic carboxylic acids is 1. The fourth-order valence-electron chi connectivity index (χ4n) is 5.75. The van der Waals surface area contributed by atoms with Crippen molar-refractivity contribution >= 4 is 5.97 Å². The number of carboxylic acids is 1. The highest BCUT2D eigenvalue weighted by Gasteiger charge is 2.90. The average molecular weight is 204 g/mol. The third-order valence-electron chi connectivity index (χ3n) is 6.67. The molecule has 5 fully saturated rings. The minimum Gasteiger partial charge on any atom is -0.481 e. The maximum absolute atomic E-state index is 11.6. The molecule has 2 nitrogen and oxygen atoms in total. The lowest BCUT2D eigenvalue weighted by atomic mass is 9.59. The van der Waals surface area contributed by atoms with E-state index in [0.29, 0.717) is 10.8 Å². The molecule has 0 amide bonds. The van der Waals surface area contributed by atoms with Gasteiger partial charge in [0.05, 0.1) is 5.92 Å². The van der Waals surface area contributed by atoms with Gasteiger partial charge in [-0.3, -0.25) is 4.79 Å². The van der Waals surface area contributed by atoms with Gasteiger partial charge in [-0.05, 0) is 60.2 Å². The first kappa shape index (κ1) is 7.70. The van der Waals surface area contributed by atoms with Gasteiger partial charge in [0.1, 0.15) is 0 Å². The van der Waals surface area contributed by atoms with E-state index in [0.717, 1.165) is 23.7 Å². The fraction of sp³-hybridized carbons (Fsp3) is 0.923. The Balaban J connectivity index is 1.60. The lowest BCUT2D eigenvalue weighted by Gasteiger charge is -2.43. The van der Waals surface area contributed by atoms with Crippen molar-refractivity contribution in [2.24, 2.45) is 40.4 Å². The van der Waals surface area contributed by atoms with Crippen molar-refractivity contribution in [1.29, 1.82) is 0 Å². The molecule has 0 aromatic carbocycles. The summed E-state index contributed by atoms with van der Waals surface area (Å²) < 4.78 is 0. The molecule has 0 saturated heterocycles. The first-order valence-corrected chi connectivity index (χ1v) is 6.46. The molecule has 0 radical (unpaired) electrons. The van der Waals surface area contributed by atoms with E-state index in [1.165, 1.54) is 32.1 Å². The van der Waals surface area contributed by atoms with Crippen LogP contribution in [0.15, 0.2) is 0 Å². The third-order valence-corrected chi connectivity index (χ3v) is 6.67. The summed E-state index contributed by atoms with van der Waals surface area (Å²) in [5.41, 5.74) is 0.662. The largest absolute Gasteiger partial charge is 0.481 e. The summed E-state index contributed by atoms with van der Waals surface area (Å²) in [5.74, 6) is 3.00. The summed E-state index contributed by atoms with van der Waals surface area (Å²) in [6.07, 6.45) is 6.51. The standard InChI is InChI=1S/C13H16O2/c14-11(15)10-12(6-4-7(6)12)2-1-3-13(10)8-5-9(8)13/h6-10H,1-5H2,(H,14,15). The normalized spacial score (nSPS) is 71.1. The molecule has 5 aliphatic carbocycles. The molecule has 2 spiro atoms. The van der Waals surface area contributed by atoms with Crippen molar-refractivity contribution in [1.82, 2.24) is 0 Å². The van der Waals surface area contributed by atoms with Gasteiger partial charge in [0.2, 0.25) is 0 Å². The Kier molecular flexibility index (Phi) is 0.904. The summed E-state index contributed by atoms with van der Waals surface area (Å²) in [6, 6.07) is 0. The van der Waals surface area contributed by atoms with Crippen molar-refractivity contribution in [3.8, 4) is 0 Å². The van der Waals surface area contributed by atoms with Gasteiger partial charge in [0.15, 0.2) is 0 Å². The summed E-state index contributed by atoms with van der Waals surface area (Å²) in [7, 11) is 0. The van der Waals surface area contributed by atoms with Crippen LogP contribution in [0, 0.1) is 40.4 Å². The molecule has 80 valence electrons. The first-order valence-electron chi connectivity index (χ1n) is 6.46. The fourth-order valence-corrected chi connectivity index (χ4v) is 5.75. The van der Waals surface area contributed by atoms with Crippen molar-refractivity contribution in [3.63, 3.8) is 0 Å². The smallest absolute Gasteiger partial charge is 0.307 e. The van der Waals surface area contributed by atoms with Gasteiger partial charge in [-0.1, -0.05) is 6.42 Å². The Morgan fingerprint density at radius 1 is 1.00 bits per heavy atom. The highest BCUT2D eigenvalue weighted by atomic mass is 16.4. The lowest BCUT2D eigenvalue weighted by molar-refractivity contribution is -0.154.